The van der Waals surface area contributed by atoms with Crippen LogP contribution in [0.5, 0.6) is 0 Å². The first-order chi connectivity index (χ1) is 11.9. The zero-order chi connectivity index (χ0) is 16.5. The Labute approximate surface area is 160 Å². The lowest BCUT2D eigenvalue weighted by Crippen LogP contribution is -2.30. The number of nitrogens with zero attached hydrogens (tertiary/aromatic N) is 1. The van der Waals surface area contributed by atoms with Gasteiger partial charge in [-0.05, 0) is 69.6 Å². The average molecular weight is 366 g/mol. The zero-order valence-electron chi connectivity index (χ0n) is 15.7. The third-order valence-electron chi connectivity index (χ3n) is 5.82. The summed E-state index contributed by atoms with van der Waals surface area (Å²) < 4.78 is 6.44. The van der Waals surface area contributed by atoms with Crippen molar-refractivity contribution in [2.75, 3.05) is 26.2 Å². The Morgan fingerprint density at radius 1 is 0.880 bits per heavy atom. The molecule has 142 valence electrons. The monoisotopic (exact) mass is 365 g/mol. The van der Waals surface area contributed by atoms with Gasteiger partial charge in [0.15, 0.2) is 0 Å². The lowest BCUT2D eigenvalue weighted by molar-refractivity contribution is -0.00388. The standard InChI is InChI=1S/C22H35NO.ClH/c1-4-12-20(13-5-1)22(21-14-6-2-7-15-21)24-19-11-10-18-23-16-8-3-9-17-23;/h1,4-5,12-13,21-22H,2-3,6-11,14-19H2;1H. The fraction of sp³-hybridized carbons (Fsp3) is 0.727. The highest BCUT2D eigenvalue weighted by atomic mass is 35.5. The van der Waals surface area contributed by atoms with Gasteiger partial charge >= 0.3 is 0 Å². The molecule has 1 saturated carbocycles. The lowest BCUT2D eigenvalue weighted by Gasteiger charge is -2.31. The molecule has 0 N–H and O–H groups in total. The highest BCUT2D eigenvalue weighted by Crippen LogP contribution is 2.36. The second kappa shape index (κ2) is 11.9. The van der Waals surface area contributed by atoms with Gasteiger partial charge in [-0.1, -0.05) is 56.0 Å². The number of benzene rings is 1. The molecule has 0 spiro atoms. The van der Waals surface area contributed by atoms with Crippen LogP contribution in [0.3, 0.4) is 0 Å². The van der Waals surface area contributed by atoms with E-state index in [-0.39, 0.29) is 12.4 Å². The van der Waals surface area contributed by atoms with Gasteiger partial charge < -0.3 is 9.64 Å². The van der Waals surface area contributed by atoms with Gasteiger partial charge in [0.25, 0.3) is 0 Å². The first-order valence-electron chi connectivity index (χ1n) is 10.3. The van der Waals surface area contributed by atoms with Gasteiger partial charge in [-0.2, -0.15) is 0 Å². The maximum atomic E-state index is 6.44. The SMILES string of the molecule is Cl.c1ccc(C(OCCCCN2CCCCC2)C2CCCCC2)cc1. The van der Waals surface area contributed by atoms with Crippen molar-refractivity contribution in [3.63, 3.8) is 0 Å². The number of likely N-dealkylation sites (tertiary alicyclic amines) is 1. The molecule has 3 rings (SSSR count). The summed E-state index contributed by atoms with van der Waals surface area (Å²) in [5, 5.41) is 0. The van der Waals surface area contributed by atoms with Crippen LogP contribution < -0.4 is 0 Å². The predicted molar refractivity (Wildman–Crippen MR) is 108 cm³/mol. The Balaban J connectivity index is 0.00000225. The second-order valence-electron chi connectivity index (χ2n) is 7.71. The Kier molecular flexibility index (Phi) is 9.90. The molecular weight excluding hydrogens is 330 g/mol. The molecule has 25 heavy (non-hydrogen) atoms. The smallest absolute Gasteiger partial charge is 0.0853 e. The molecule has 0 radical (unpaired) electrons. The van der Waals surface area contributed by atoms with E-state index in [1.807, 2.05) is 0 Å². The summed E-state index contributed by atoms with van der Waals surface area (Å²) in [7, 11) is 0. The van der Waals surface area contributed by atoms with E-state index in [9.17, 15) is 0 Å². The lowest BCUT2D eigenvalue weighted by atomic mass is 9.82. The van der Waals surface area contributed by atoms with Gasteiger partial charge in [-0.3, -0.25) is 0 Å². The van der Waals surface area contributed by atoms with Gasteiger partial charge in [0.2, 0.25) is 0 Å². The van der Waals surface area contributed by atoms with E-state index in [1.54, 1.807) is 0 Å². The third-order valence-corrected chi connectivity index (χ3v) is 5.82. The quantitative estimate of drug-likeness (QED) is 0.523. The van der Waals surface area contributed by atoms with Crippen LogP contribution in [0.25, 0.3) is 0 Å². The predicted octanol–water partition coefficient (Wildman–Crippen LogP) is 6.01. The fourth-order valence-corrected chi connectivity index (χ4v) is 4.41. The Hall–Kier alpha value is -0.570. The van der Waals surface area contributed by atoms with E-state index in [1.165, 1.54) is 89.4 Å². The molecular formula is C22H36ClNO. The molecule has 1 saturated heterocycles. The summed E-state index contributed by atoms with van der Waals surface area (Å²) in [5.41, 5.74) is 1.39. The normalized spacial score (nSPS) is 20.8. The number of piperidine rings is 1. The first-order valence-corrected chi connectivity index (χ1v) is 10.3. The van der Waals surface area contributed by atoms with Crippen LogP contribution >= 0.6 is 12.4 Å². The molecule has 2 nitrogen and oxygen atoms in total. The minimum absolute atomic E-state index is 0. The molecule has 1 atom stereocenters. The summed E-state index contributed by atoms with van der Waals surface area (Å²) in [6.07, 6.45) is 13.9. The summed E-state index contributed by atoms with van der Waals surface area (Å²) in [6, 6.07) is 10.9. The van der Waals surface area contributed by atoms with E-state index in [0.717, 1.165) is 12.5 Å². The van der Waals surface area contributed by atoms with Crippen LogP contribution in [0.1, 0.15) is 75.9 Å². The minimum Gasteiger partial charge on any atom is -0.373 e. The molecule has 1 aromatic rings. The van der Waals surface area contributed by atoms with E-state index in [0.29, 0.717) is 6.10 Å². The van der Waals surface area contributed by atoms with Crippen LogP contribution in [-0.4, -0.2) is 31.1 Å². The largest absolute Gasteiger partial charge is 0.373 e. The number of rotatable bonds is 8. The van der Waals surface area contributed by atoms with Gasteiger partial charge in [-0.25, -0.2) is 0 Å². The van der Waals surface area contributed by atoms with Crippen LogP contribution in [-0.2, 0) is 4.74 Å². The molecule has 2 fully saturated rings. The molecule has 1 unspecified atom stereocenters. The molecule has 1 aliphatic heterocycles. The van der Waals surface area contributed by atoms with Crippen LogP contribution in [0.2, 0.25) is 0 Å². The number of hydrogen-bond donors (Lipinski definition) is 0. The molecule has 0 amide bonds. The summed E-state index contributed by atoms with van der Waals surface area (Å²) in [4.78, 5) is 2.64. The second-order valence-corrected chi connectivity index (χ2v) is 7.71. The Bertz CT molecular complexity index is 441. The van der Waals surface area contributed by atoms with Crippen molar-refractivity contribution in [3.05, 3.63) is 35.9 Å². The van der Waals surface area contributed by atoms with Crippen molar-refractivity contribution in [1.82, 2.24) is 4.90 Å². The Morgan fingerprint density at radius 2 is 1.56 bits per heavy atom. The van der Waals surface area contributed by atoms with Crippen molar-refractivity contribution in [2.45, 2.75) is 70.3 Å². The molecule has 2 aliphatic rings. The van der Waals surface area contributed by atoms with E-state index in [2.05, 4.69) is 35.2 Å². The summed E-state index contributed by atoms with van der Waals surface area (Å²) in [5.74, 6) is 0.725. The van der Waals surface area contributed by atoms with Gasteiger partial charge in [0, 0.05) is 6.61 Å². The van der Waals surface area contributed by atoms with Crippen LogP contribution in [0.15, 0.2) is 30.3 Å². The Morgan fingerprint density at radius 3 is 2.28 bits per heavy atom. The number of halogens is 1. The molecule has 1 aliphatic carbocycles. The topological polar surface area (TPSA) is 12.5 Å². The molecule has 0 aromatic heterocycles. The van der Waals surface area contributed by atoms with Crippen LogP contribution in [0.4, 0.5) is 0 Å². The number of unbranched alkanes of at least 4 members (excludes halogenated alkanes) is 1. The van der Waals surface area contributed by atoms with Crippen molar-refractivity contribution in [2.24, 2.45) is 5.92 Å². The fourth-order valence-electron chi connectivity index (χ4n) is 4.41. The van der Waals surface area contributed by atoms with Crippen molar-refractivity contribution >= 4 is 12.4 Å². The molecule has 3 heteroatoms. The van der Waals surface area contributed by atoms with Crippen molar-refractivity contribution in [1.29, 1.82) is 0 Å². The van der Waals surface area contributed by atoms with Gasteiger partial charge in [-0.15, -0.1) is 12.4 Å². The average Bonchev–Trinajstić information content (AvgIpc) is 2.67. The van der Waals surface area contributed by atoms with E-state index < -0.39 is 0 Å². The maximum absolute atomic E-state index is 6.44. The van der Waals surface area contributed by atoms with Gasteiger partial charge in [0.05, 0.1) is 6.10 Å². The molecule has 1 heterocycles. The minimum atomic E-state index is 0. The summed E-state index contributed by atoms with van der Waals surface area (Å²) >= 11 is 0. The van der Waals surface area contributed by atoms with Crippen molar-refractivity contribution < 1.29 is 4.74 Å². The first kappa shape index (κ1) is 20.7. The third kappa shape index (κ3) is 6.92. The van der Waals surface area contributed by atoms with E-state index in [4.69, 9.17) is 4.74 Å². The van der Waals surface area contributed by atoms with Crippen LogP contribution in [0, 0.1) is 5.92 Å². The number of hydrogen-bond acceptors (Lipinski definition) is 2. The molecule has 0 bridgehead atoms. The highest BCUT2D eigenvalue weighted by Gasteiger charge is 2.25. The van der Waals surface area contributed by atoms with Gasteiger partial charge in [0.1, 0.15) is 0 Å². The highest BCUT2D eigenvalue weighted by molar-refractivity contribution is 5.85. The molecule has 1 aromatic carbocycles. The number of ether oxygens (including phenoxy) is 1. The van der Waals surface area contributed by atoms with E-state index >= 15 is 0 Å². The summed E-state index contributed by atoms with van der Waals surface area (Å²) in [6.45, 7) is 4.82. The van der Waals surface area contributed by atoms with Crippen molar-refractivity contribution in [3.8, 4) is 0 Å². The maximum Gasteiger partial charge on any atom is 0.0853 e. The zero-order valence-corrected chi connectivity index (χ0v) is 16.5.